The summed E-state index contributed by atoms with van der Waals surface area (Å²) >= 11 is 11.8. The molecule has 0 aliphatic rings. The minimum Gasteiger partial charge on any atom is -0.425 e. The van der Waals surface area contributed by atoms with Gasteiger partial charge in [-0.05, 0) is 32.0 Å². The molecule has 0 spiro atoms. The predicted molar refractivity (Wildman–Crippen MR) is 91.1 cm³/mol. The summed E-state index contributed by atoms with van der Waals surface area (Å²) < 4.78 is 6.84. The van der Waals surface area contributed by atoms with Crippen molar-refractivity contribution >= 4 is 34.8 Å². The van der Waals surface area contributed by atoms with Crippen molar-refractivity contribution in [3.05, 3.63) is 61.6 Å². The maximum Gasteiger partial charge on any atom is 0.315 e. The average Bonchev–Trinajstić information content (AvgIpc) is 2.87. The van der Waals surface area contributed by atoms with Crippen LogP contribution in [0.5, 0.6) is 5.75 Å². The van der Waals surface area contributed by atoms with E-state index in [4.69, 9.17) is 27.9 Å². The van der Waals surface area contributed by atoms with Crippen molar-refractivity contribution in [3.63, 3.8) is 0 Å². The largest absolute Gasteiger partial charge is 0.425 e. The van der Waals surface area contributed by atoms with E-state index in [-0.39, 0.29) is 22.8 Å². The van der Waals surface area contributed by atoms with Gasteiger partial charge in [-0.1, -0.05) is 23.2 Å². The van der Waals surface area contributed by atoms with Crippen LogP contribution in [0.15, 0.2) is 29.1 Å². The molecule has 0 atom stereocenters. The number of hydrogen-bond donors (Lipinski definition) is 1. The maximum atomic E-state index is 12.2. The van der Waals surface area contributed by atoms with Crippen LogP contribution in [0.1, 0.15) is 17.0 Å². The number of nitrogens with one attached hydrogen (secondary N) is 1. The summed E-state index contributed by atoms with van der Waals surface area (Å²) in [5.74, 6) is -0.245. The fraction of sp³-hybridized carbons (Fsp3) is 0.188. The molecule has 2 heterocycles. The molecule has 0 aliphatic carbocycles. The molecule has 1 N–H and O–H groups in total. The van der Waals surface area contributed by atoms with Gasteiger partial charge in [0.25, 0.3) is 5.56 Å². The van der Waals surface area contributed by atoms with Crippen LogP contribution in [0.3, 0.4) is 0 Å². The first kappa shape index (κ1) is 16.5. The first-order valence-electron chi connectivity index (χ1n) is 7.08. The highest BCUT2D eigenvalue weighted by molar-refractivity contribution is 6.35. The monoisotopic (exact) mass is 365 g/mol. The van der Waals surface area contributed by atoms with Gasteiger partial charge in [-0.3, -0.25) is 14.7 Å². The lowest BCUT2D eigenvalue weighted by atomic mass is 10.1. The standard InChI is InChI=1S/C16H13Cl2N3O3/c1-8-11(9(2)21-14(19-8)7-15(22)20-21)6-16(23)24-13-4-3-10(17)5-12(13)18/h3-5,7H,6H2,1-2H3,(H,20,22). The molecule has 8 heteroatoms. The van der Waals surface area contributed by atoms with E-state index in [2.05, 4.69) is 10.1 Å². The molecule has 0 saturated heterocycles. The number of halogens is 2. The molecule has 2 aromatic heterocycles. The first-order valence-corrected chi connectivity index (χ1v) is 7.84. The Labute approximate surface area is 147 Å². The summed E-state index contributed by atoms with van der Waals surface area (Å²) in [5.41, 5.74) is 2.32. The van der Waals surface area contributed by atoms with E-state index in [1.54, 1.807) is 24.4 Å². The van der Waals surface area contributed by atoms with E-state index < -0.39 is 5.97 Å². The number of benzene rings is 1. The molecule has 0 bridgehead atoms. The molecule has 0 radical (unpaired) electrons. The molecular formula is C16H13Cl2N3O3. The van der Waals surface area contributed by atoms with Crippen LogP contribution in [0.4, 0.5) is 0 Å². The van der Waals surface area contributed by atoms with E-state index >= 15 is 0 Å². The fourth-order valence-corrected chi connectivity index (χ4v) is 2.92. The lowest BCUT2D eigenvalue weighted by molar-refractivity contribution is -0.133. The number of H-pyrrole nitrogens is 1. The number of nitrogens with zero attached hydrogens (tertiary/aromatic N) is 2. The molecule has 24 heavy (non-hydrogen) atoms. The summed E-state index contributed by atoms with van der Waals surface area (Å²) in [7, 11) is 0. The molecule has 0 aliphatic heterocycles. The number of aromatic amines is 1. The zero-order chi connectivity index (χ0) is 17.4. The van der Waals surface area contributed by atoms with Crippen molar-refractivity contribution in [3.8, 4) is 5.75 Å². The Hall–Kier alpha value is -2.31. The topological polar surface area (TPSA) is 76.5 Å². The second-order valence-electron chi connectivity index (χ2n) is 5.30. The van der Waals surface area contributed by atoms with E-state index in [9.17, 15) is 9.59 Å². The van der Waals surface area contributed by atoms with Crippen LogP contribution >= 0.6 is 23.2 Å². The zero-order valence-electron chi connectivity index (χ0n) is 12.9. The van der Waals surface area contributed by atoms with Crippen molar-refractivity contribution in [2.24, 2.45) is 0 Å². The number of hydrogen-bond acceptors (Lipinski definition) is 4. The number of fused-ring (bicyclic) bond motifs is 1. The number of ether oxygens (including phenoxy) is 1. The second kappa shape index (κ2) is 6.30. The van der Waals surface area contributed by atoms with E-state index in [1.165, 1.54) is 18.2 Å². The number of aryl methyl sites for hydroxylation is 2. The molecule has 124 valence electrons. The summed E-state index contributed by atoms with van der Waals surface area (Å²) in [5, 5.41) is 3.36. The molecule has 3 rings (SSSR count). The first-order chi connectivity index (χ1) is 11.3. The average molecular weight is 366 g/mol. The molecule has 0 saturated carbocycles. The van der Waals surface area contributed by atoms with Crippen LogP contribution in [0.25, 0.3) is 5.65 Å². The zero-order valence-corrected chi connectivity index (χ0v) is 14.4. The fourth-order valence-electron chi connectivity index (χ4n) is 2.47. The van der Waals surface area contributed by atoms with Gasteiger partial charge in [-0.15, -0.1) is 0 Å². The van der Waals surface area contributed by atoms with Gasteiger partial charge in [0.2, 0.25) is 0 Å². The molecule has 6 nitrogen and oxygen atoms in total. The number of esters is 1. The van der Waals surface area contributed by atoms with E-state index in [0.29, 0.717) is 21.9 Å². The molecular weight excluding hydrogens is 353 g/mol. The van der Waals surface area contributed by atoms with Gasteiger partial charge < -0.3 is 4.74 Å². The Morgan fingerprint density at radius 3 is 2.75 bits per heavy atom. The summed E-state index contributed by atoms with van der Waals surface area (Å²) in [6.07, 6.45) is -0.000226. The van der Waals surface area contributed by atoms with Crippen LogP contribution < -0.4 is 10.3 Å². The summed E-state index contributed by atoms with van der Waals surface area (Å²) in [6, 6.07) is 6.02. The van der Waals surface area contributed by atoms with Crippen molar-refractivity contribution in [2.75, 3.05) is 0 Å². The lowest BCUT2D eigenvalue weighted by Gasteiger charge is -2.11. The normalized spacial score (nSPS) is 11.0. The Morgan fingerprint density at radius 1 is 1.29 bits per heavy atom. The Balaban J connectivity index is 1.89. The van der Waals surface area contributed by atoms with Crippen molar-refractivity contribution in [1.29, 1.82) is 0 Å². The highest BCUT2D eigenvalue weighted by Gasteiger charge is 2.16. The van der Waals surface area contributed by atoms with Gasteiger partial charge in [0, 0.05) is 28.0 Å². The van der Waals surface area contributed by atoms with Gasteiger partial charge >= 0.3 is 5.97 Å². The van der Waals surface area contributed by atoms with E-state index in [1.807, 2.05) is 0 Å². The lowest BCUT2D eigenvalue weighted by Crippen LogP contribution is -2.16. The van der Waals surface area contributed by atoms with Gasteiger partial charge in [0.15, 0.2) is 5.65 Å². The Bertz CT molecular complexity index is 1010. The minimum atomic E-state index is -0.485. The van der Waals surface area contributed by atoms with Gasteiger partial charge in [-0.2, -0.15) is 0 Å². The van der Waals surface area contributed by atoms with E-state index in [0.717, 1.165) is 5.69 Å². The van der Waals surface area contributed by atoms with Crippen LogP contribution in [0.2, 0.25) is 10.0 Å². The summed E-state index contributed by atoms with van der Waals surface area (Å²) in [6.45, 7) is 3.58. The van der Waals surface area contributed by atoms with Crippen LogP contribution in [-0.2, 0) is 11.2 Å². The Kier molecular flexibility index (Phi) is 4.34. The van der Waals surface area contributed by atoms with Gasteiger partial charge in [0.1, 0.15) is 5.75 Å². The highest BCUT2D eigenvalue weighted by atomic mass is 35.5. The van der Waals surface area contributed by atoms with Crippen LogP contribution in [0, 0.1) is 13.8 Å². The highest BCUT2D eigenvalue weighted by Crippen LogP contribution is 2.28. The number of rotatable bonds is 3. The molecule has 3 aromatic rings. The molecule has 0 amide bonds. The molecule has 1 aromatic carbocycles. The molecule has 0 fully saturated rings. The smallest absolute Gasteiger partial charge is 0.315 e. The molecule has 0 unspecified atom stereocenters. The van der Waals surface area contributed by atoms with Crippen molar-refractivity contribution < 1.29 is 9.53 Å². The Morgan fingerprint density at radius 2 is 2.04 bits per heavy atom. The number of aromatic nitrogens is 3. The minimum absolute atomic E-state index is 0.000226. The number of carbonyl (C=O) groups excluding carboxylic acids is 1. The van der Waals surface area contributed by atoms with Crippen molar-refractivity contribution in [1.82, 2.24) is 14.6 Å². The quantitative estimate of drug-likeness (QED) is 0.571. The third kappa shape index (κ3) is 3.16. The second-order valence-corrected chi connectivity index (χ2v) is 6.14. The van der Waals surface area contributed by atoms with Gasteiger partial charge in [-0.25, -0.2) is 9.50 Å². The predicted octanol–water partition coefficient (Wildman–Crippen LogP) is 3.09. The van der Waals surface area contributed by atoms with Crippen molar-refractivity contribution in [2.45, 2.75) is 20.3 Å². The van der Waals surface area contributed by atoms with Gasteiger partial charge in [0.05, 0.1) is 11.4 Å². The SMILES string of the molecule is Cc1nc2cc(=O)[nH]n2c(C)c1CC(=O)Oc1ccc(Cl)cc1Cl. The van der Waals surface area contributed by atoms with Crippen LogP contribution in [-0.4, -0.2) is 20.6 Å². The third-order valence-electron chi connectivity index (χ3n) is 3.64. The maximum absolute atomic E-state index is 12.2. The summed E-state index contributed by atoms with van der Waals surface area (Å²) in [4.78, 5) is 28.0. The number of carbonyl (C=O) groups is 1. The third-order valence-corrected chi connectivity index (χ3v) is 4.17.